The number of likely N-dealkylation sites (tertiary alicyclic amines) is 1. The van der Waals surface area contributed by atoms with Gasteiger partial charge in [0.2, 0.25) is 11.8 Å². The molecule has 19 heteroatoms. The van der Waals surface area contributed by atoms with Gasteiger partial charge in [0.25, 0.3) is 11.5 Å². The molecule has 0 saturated carbocycles. The molecule has 8 heterocycles. The van der Waals surface area contributed by atoms with Crippen LogP contribution in [0.25, 0.3) is 33.3 Å². The van der Waals surface area contributed by atoms with Crippen molar-refractivity contribution in [1.82, 2.24) is 48.2 Å². The van der Waals surface area contributed by atoms with E-state index < -0.39 is 35.0 Å². The summed E-state index contributed by atoms with van der Waals surface area (Å²) in [6.07, 6.45) is 7.06. The Hall–Kier alpha value is -6.83. The Labute approximate surface area is 407 Å². The molecule has 4 aliphatic rings. The first kappa shape index (κ1) is 47.8. The second kappa shape index (κ2) is 19.4. The normalized spacial score (nSPS) is 19.4. The van der Waals surface area contributed by atoms with Crippen molar-refractivity contribution in [3.8, 4) is 5.69 Å². The lowest BCUT2D eigenvalue weighted by Gasteiger charge is -2.39. The van der Waals surface area contributed by atoms with Crippen LogP contribution in [0.2, 0.25) is 0 Å². The number of hydrogen-bond donors (Lipinski definition) is 2. The summed E-state index contributed by atoms with van der Waals surface area (Å²) in [4.78, 5) is 77.5. The number of fused-ring (bicyclic) bond motifs is 2. The van der Waals surface area contributed by atoms with Crippen molar-refractivity contribution in [2.24, 2.45) is 20.0 Å². The van der Waals surface area contributed by atoms with E-state index in [0.717, 1.165) is 68.9 Å². The first-order valence-corrected chi connectivity index (χ1v) is 24.4. The van der Waals surface area contributed by atoms with E-state index in [9.17, 15) is 28.4 Å². The van der Waals surface area contributed by atoms with Crippen LogP contribution in [-0.2, 0) is 30.2 Å². The van der Waals surface area contributed by atoms with Crippen molar-refractivity contribution in [2.45, 2.75) is 57.7 Å². The van der Waals surface area contributed by atoms with Crippen molar-refractivity contribution in [3.05, 3.63) is 128 Å². The third-order valence-corrected chi connectivity index (χ3v) is 15.3. The zero-order valence-electron chi connectivity index (χ0n) is 40.4. The van der Waals surface area contributed by atoms with Gasteiger partial charge in [-0.3, -0.25) is 48.0 Å². The Morgan fingerprint density at radius 2 is 1.56 bits per heavy atom. The highest BCUT2D eigenvalue weighted by atomic mass is 19.1. The fourth-order valence-electron chi connectivity index (χ4n) is 11.2. The number of piperazine rings is 1. The number of anilines is 1. The molecule has 0 bridgehead atoms. The lowest BCUT2D eigenvalue weighted by atomic mass is 9.94. The van der Waals surface area contributed by atoms with E-state index in [4.69, 9.17) is 0 Å². The third-order valence-electron chi connectivity index (χ3n) is 15.3. The van der Waals surface area contributed by atoms with Crippen LogP contribution in [0.4, 0.5) is 18.9 Å². The predicted molar refractivity (Wildman–Crippen MR) is 264 cm³/mol. The zero-order valence-corrected chi connectivity index (χ0v) is 40.4. The highest BCUT2D eigenvalue weighted by molar-refractivity contribution is 6.00. The van der Waals surface area contributed by atoms with Crippen LogP contribution in [0.3, 0.4) is 0 Å². The fraction of sp³-hybridized carbons (Fsp3) is 0.423. The van der Waals surface area contributed by atoms with Crippen LogP contribution >= 0.6 is 0 Å². The molecule has 0 radical (unpaired) electrons. The van der Waals surface area contributed by atoms with E-state index in [-0.39, 0.29) is 53.2 Å². The molecular formula is C52H58F3N11O5. The molecule has 3 fully saturated rings. The molecule has 71 heavy (non-hydrogen) atoms. The molecule has 0 unspecified atom stereocenters. The number of carbonyl (C=O) groups is 3. The minimum atomic E-state index is -0.758. The monoisotopic (exact) mass is 973 g/mol. The molecule has 10 rings (SSSR count). The number of carbonyl (C=O) groups excluding carboxylic acids is 3. The fourth-order valence-corrected chi connectivity index (χ4v) is 11.2. The molecule has 6 aromatic rings. The van der Waals surface area contributed by atoms with E-state index in [1.54, 1.807) is 35.8 Å². The summed E-state index contributed by atoms with van der Waals surface area (Å²) >= 11 is 0. The van der Waals surface area contributed by atoms with Crippen LogP contribution in [0.1, 0.15) is 78.3 Å². The number of nitrogens with zero attached hydrogens (tertiary/aromatic N) is 9. The molecule has 2 atom stereocenters. The van der Waals surface area contributed by atoms with E-state index in [2.05, 4.69) is 30.3 Å². The lowest BCUT2D eigenvalue weighted by molar-refractivity contribution is -0.135. The number of imidazole rings is 1. The van der Waals surface area contributed by atoms with Crippen molar-refractivity contribution >= 4 is 51.0 Å². The van der Waals surface area contributed by atoms with Crippen LogP contribution in [0, 0.1) is 23.4 Å². The van der Waals surface area contributed by atoms with Crippen molar-refractivity contribution < 1.29 is 27.6 Å². The molecule has 0 aliphatic carbocycles. The maximum absolute atomic E-state index is 15.9. The van der Waals surface area contributed by atoms with Gasteiger partial charge in [-0.2, -0.15) is 0 Å². The second-order valence-corrected chi connectivity index (χ2v) is 19.5. The standard InChI is InChI=1S/C52H58F3N11O5/c1-31(44-26-36-41(9-14-57-49(36)59(44)3)65-30-39(55)40(56-2)27-47(65)68)63-17-12-34(13-18-63)48-37(53)24-35(25-38(48)54)51(70)64-15-10-32(11-16-64)28-61-19-21-62(22-20-61)29-33-5-6-42-45(23-33)60(4)52(71)66(42)43-7-8-46(67)58-50(43)69/h5-6,9,12,14,23-27,30-32,43,56H,7-8,10-11,13,15-22,28-29H2,1-4H3,(H,58,67,69)/t31-,43-/m0/s1. The van der Waals surface area contributed by atoms with Crippen LogP contribution in [0.15, 0.2) is 76.6 Å². The summed E-state index contributed by atoms with van der Waals surface area (Å²) in [7, 11) is 5.14. The Kier molecular flexibility index (Phi) is 13.1. The summed E-state index contributed by atoms with van der Waals surface area (Å²) in [5, 5.41) is 5.73. The van der Waals surface area contributed by atoms with Crippen molar-refractivity contribution in [2.75, 3.05) is 71.3 Å². The van der Waals surface area contributed by atoms with Gasteiger partial charge < -0.3 is 19.7 Å². The topological polar surface area (TPSA) is 155 Å². The summed E-state index contributed by atoms with van der Waals surface area (Å²) < 4.78 is 52.8. The number of piperidine rings is 2. The van der Waals surface area contributed by atoms with Gasteiger partial charge in [-0.15, -0.1) is 0 Å². The number of aromatic nitrogens is 5. The molecular weight excluding hydrogens is 916 g/mol. The first-order chi connectivity index (χ1) is 34.2. The number of nitrogens with one attached hydrogen (secondary N) is 2. The van der Waals surface area contributed by atoms with Crippen molar-refractivity contribution in [1.29, 1.82) is 0 Å². The van der Waals surface area contributed by atoms with Gasteiger partial charge in [0.15, 0.2) is 5.82 Å². The molecule has 4 aliphatic heterocycles. The maximum atomic E-state index is 15.9. The predicted octanol–water partition coefficient (Wildman–Crippen LogP) is 5.33. The smallest absolute Gasteiger partial charge is 0.329 e. The minimum absolute atomic E-state index is 0.00460. The zero-order chi connectivity index (χ0) is 49.8. The van der Waals surface area contributed by atoms with Gasteiger partial charge in [0.1, 0.15) is 23.3 Å². The maximum Gasteiger partial charge on any atom is 0.329 e. The van der Waals surface area contributed by atoms with E-state index in [1.165, 1.54) is 33.5 Å². The molecule has 372 valence electrons. The number of aryl methyl sites for hydroxylation is 2. The first-order valence-electron chi connectivity index (χ1n) is 24.4. The van der Waals surface area contributed by atoms with Crippen LogP contribution in [-0.4, -0.2) is 127 Å². The van der Waals surface area contributed by atoms with E-state index >= 15 is 8.78 Å². The lowest BCUT2D eigenvalue weighted by Crippen LogP contribution is -2.48. The molecule has 3 saturated heterocycles. The van der Waals surface area contributed by atoms with Gasteiger partial charge in [-0.05, 0) is 86.1 Å². The Morgan fingerprint density at radius 3 is 2.25 bits per heavy atom. The Morgan fingerprint density at radius 1 is 0.831 bits per heavy atom. The van der Waals surface area contributed by atoms with Crippen LogP contribution < -0.4 is 21.9 Å². The highest BCUT2D eigenvalue weighted by Crippen LogP contribution is 2.35. The average molecular weight is 974 g/mol. The van der Waals surface area contributed by atoms with Gasteiger partial charge in [-0.1, -0.05) is 12.1 Å². The molecule has 3 amide bonds. The molecule has 4 aromatic heterocycles. The molecule has 16 nitrogen and oxygen atoms in total. The van der Waals surface area contributed by atoms with Gasteiger partial charge in [0.05, 0.1) is 28.6 Å². The molecule has 0 spiro atoms. The number of imide groups is 1. The Bertz CT molecular complexity index is 3230. The number of hydrogen-bond acceptors (Lipinski definition) is 10. The summed E-state index contributed by atoms with van der Waals surface area (Å²) in [5.74, 6) is -2.83. The molecule has 2 N–H and O–H groups in total. The number of benzene rings is 2. The minimum Gasteiger partial charge on any atom is -0.386 e. The van der Waals surface area contributed by atoms with E-state index in [0.29, 0.717) is 66.3 Å². The summed E-state index contributed by atoms with van der Waals surface area (Å²) in [6, 6.07) is 12.2. The number of amides is 3. The van der Waals surface area contributed by atoms with Gasteiger partial charge >= 0.3 is 5.69 Å². The summed E-state index contributed by atoms with van der Waals surface area (Å²) in [5.41, 5.74) is 4.39. The largest absolute Gasteiger partial charge is 0.386 e. The van der Waals surface area contributed by atoms with Crippen molar-refractivity contribution in [3.63, 3.8) is 0 Å². The Balaban J connectivity index is 0.713. The highest BCUT2D eigenvalue weighted by Gasteiger charge is 2.33. The van der Waals surface area contributed by atoms with Gasteiger partial charge in [-0.25, -0.2) is 22.9 Å². The van der Waals surface area contributed by atoms with Crippen LogP contribution in [0.5, 0.6) is 0 Å². The quantitative estimate of drug-likeness (QED) is 0.163. The summed E-state index contributed by atoms with van der Waals surface area (Å²) in [6.45, 7) is 9.19. The average Bonchev–Trinajstić information content (AvgIpc) is 3.83. The number of halogens is 3. The number of pyridine rings is 2. The second-order valence-electron chi connectivity index (χ2n) is 19.5. The van der Waals surface area contributed by atoms with Gasteiger partial charge in [0, 0.05) is 134 Å². The number of rotatable bonds is 11. The molecule has 2 aromatic carbocycles. The third kappa shape index (κ3) is 9.10. The van der Waals surface area contributed by atoms with E-state index in [1.807, 2.05) is 48.9 Å². The SMILES string of the molecule is CNc1cc(=O)n(-c2ccnc3c2cc([C@H](C)N2CC=C(c4c(F)cc(C(=O)N5CCC(CN6CCN(Cc7ccc8c(c7)n(C)c(=O)n8[C@H]7CCC(=O)NC7=O)CC6)CC5)cc4F)CC2)n3C)cc1F.